The lowest BCUT2D eigenvalue weighted by molar-refractivity contribution is 0.547. The highest BCUT2D eigenvalue weighted by Gasteiger charge is 2.25. The van der Waals surface area contributed by atoms with Crippen LogP contribution in [0, 0.1) is 13.8 Å². The lowest BCUT2D eigenvalue weighted by atomic mass is 10.2. The van der Waals surface area contributed by atoms with Crippen molar-refractivity contribution in [2.24, 2.45) is 0 Å². The molecule has 0 bridgehead atoms. The number of hydrogen-bond donors (Lipinski definition) is 0. The Morgan fingerprint density at radius 1 is 1.35 bits per heavy atom. The number of rotatable bonds is 3. The normalized spacial score (nSPS) is 17.2. The largest absolute Gasteiger partial charge is 0.283 e. The fraction of sp³-hybridized carbons (Fsp3) is 0.333. The second kappa shape index (κ2) is 5.66. The molecular formula is C15H16N2OS2. The Kier molecular flexibility index (Phi) is 3.89. The maximum Gasteiger partial charge on any atom is 0.254 e. The number of hydrogen-bond acceptors (Lipinski definition) is 4. The number of nitrogens with zero attached hydrogens (tertiary/aromatic N) is 2. The van der Waals surface area contributed by atoms with Crippen molar-refractivity contribution < 1.29 is 0 Å². The van der Waals surface area contributed by atoms with Crippen LogP contribution in [0.3, 0.4) is 0 Å². The van der Waals surface area contributed by atoms with E-state index in [9.17, 15) is 4.79 Å². The van der Waals surface area contributed by atoms with E-state index >= 15 is 0 Å². The molecule has 0 amide bonds. The quantitative estimate of drug-likeness (QED) is 0.644. The fourth-order valence-corrected chi connectivity index (χ4v) is 4.54. The van der Waals surface area contributed by atoms with Crippen LogP contribution in [0.2, 0.25) is 0 Å². The summed E-state index contributed by atoms with van der Waals surface area (Å²) in [5.74, 6) is 1.85. The SMILES string of the molecule is Cc1ccc(SC[C@@H]2CSc3nc(C)cc(=O)n32)cc1. The van der Waals surface area contributed by atoms with Gasteiger partial charge in [-0.1, -0.05) is 29.5 Å². The predicted molar refractivity (Wildman–Crippen MR) is 84.9 cm³/mol. The van der Waals surface area contributed by atoms with Crippen LogP contribution in [-0.2, 0) is 0 Å². The van der Waals surface area contributed by atoms with E-state index in [-0.39, 0.29) is 11.6 Å². The van der Waals surface area contributed by atoms with Gasteiger partial charge in [-0.3, -0.25) is 9.36 Å². The van der Waals surface area contributed by atoms with E-state index in [1.54, 1.807) is 29.6 Å². The smallest absolute Gasteiger partial charge is 0.254 e. The summed E-state index contributed by atoms with van der Waals surface area (Å²) in [5.41, 5.74) is 2.15. The lowest BCUT2D eigenvalue weighted by Crippen LogP contribution is -2.25. The molecule has 1 aromatic carbocycles. The fourth-order valence-electron chi connectivity index (χ4n) is 2.21. The van der Waals surface area contributed by atoms with Gasteiger partial charge in [0, 0.05) is 28.2 Å². The summed E-state index contributed by atoms with van der Waals surface area (Å²) in [6, 6.07) is 10.4. The summed E-state index contributed by atoms with van der Waals surface area (Å²) in [4.78, 5) is 17.8. The van der Waals surface area contributed by atoms with E-state index in [1.807, 2.05) is 11.5 Å². The van der Waals surface area contributed by atoms with Gasteiger partial charge in [-0.05, 0) is 26.0 Å². The van der Waals surface area contributed by atoms with Crippen molar-refractivity contribution in [1.29, 1.82) is 0 Å². The third-order valence-corrected chi connectivity index (χ3v) is 5.54. The van der Waals surface area contributed by atoms with Crippen LogP contribution in [0.4, 0.5) is 0 Å². The summed E-state index contributed by atoms with van der Waals surface area (Å²) in [7, 11) is 0. The van der Waals surface area contributed by atoms with E-state index in [2.05, 4.69) is 36.2 Å². The average Bonchev–Trinajstić information content (AvgIpc) is 2.81. The minimum atomic E-state index is 0.0759. The van der Waals surface area contributed by atoms with Gasteiger partial charge < -0.3 is 0 Å². The zero-order valence-electron chi connectivity index (χ0n) is 11.5. The van der Waals surface area contributed by atoms with Crippen molar-refractivity contribution in [2.45, 2.75) is 29.9 Å². The van der Waals surface area contributed by atoms with Crippen LogP contribution in [0.5, 0.6) is 0 Å². The summed E-state index contributed by atoms with van der Waals surface area (Å²) in [6.07, 6.45) is 0. The van der Waals surface area contributed by atoms with E-state index in [0.29, 0.717) is 0 Å². The predicted octanol–water partition coefficient (Wildman–Crippen LogP) is 3.30. The van der Waals surface area contributed by atoms with Crippen LogP contribution in [0.1, 0.15) is 17.3 Å². The number of thioether (sulfide) groups is 2. The van der Waals surface area contributed by atoms with Crippen molar-refractivity contribution in [3.8, 4) is 0 Å². The highest BCUT2D eigenvalue weighted by Crippen LogP contribution is 2.33. The molecule has 0 fully saturated rings. The molecule has 104 valence electrons. The van der Waals surface area contributed by atoms with Crippen molar-refractivity contribution >= 4 is 23.5 Å². The van der Waals surface area contributed by atoms with Crippen LogP contribution < -0.4 is 5.56 Å². The first-order valence-corrected chi connectivity index (χ1v) is 8.53. The molecule has 20 heavy (non-hydrogen) atoms. The lowest BCUT2D eigenvalue weighted by Gasteiger charge is -2.12. The Bertz CT molecular complexity index is 679. The second-order valence-corrected chi connectivity index (χ2v) is 7.06. The zero-order valence-corrected chi connectivity index (χ0v) is 13.1. The standard InChI is InChI=1S/C15H16N2OS2/c1-10-3-5-13(6-4-10)19-8-12-9-20-15-16-11(2)7-14(18)17(12)15/h3-7,12H,8-9H2,1-2H3/t12-/m1/s1. The molecule has 3 nitrogen and oxygen atoms in total. The van der Waals surface area contributed by atoms with Gasteiger partial charge in [0.25, 0.3) is 5.56 Å². The minimum absolute atomic E-state index is 0.0759. The molecular weight excluding hydrogens is 288 g/mol. The second-order valence-electron chi connectivity index (χ2n) is 4.98. The van der Waals surface area contributed by atoms with E-state index in [4.69, 9.17) is 0 Å². The highest BCUT2D eigenvalue weighted by atomic mass is 32.2. The Morgan fingerprint density at radius 3 is 2.85 bits per heavy atom. The van der Waals surface area contributed by atoms with Gasteiger partial charge in [-0.15, -0.1) is 11.8 Å². The molecule has 0 spiro atoms. The average molecular weight is 304 g/mol. The minimum Gasteiger partial charge on any atom is -0.283 e. The Hall–Kier alpha value is -1.20. The summed E-state index contributed by atoms with van der Waals surface area (Å²) in [6.45, 7) is 3.96. The molecule has 1 aliphatic rings. The molecule has 0 unspecified atom stereocenters. The Labute approximate surface area is 126 Å². The van der Waals surface area contributed by atoms with Gasteiger partial charge in [-0.25, -0.2) is 4.98 Å². The maximum atomic E-state index is 12.1. The summed E-state index contributed by atoms with van der Waals surface area (Å²) < 4.78 is 1.85. The van der Waals surface area contributed by atoms with Crippen LogP contribution >= 0.6 is 23.5 Å². The number of aromatic nitrogens is 2. The topological polar surface area (TPSA) is 34.9 Å². The molecule has 0 radical (unpaired) electrons. The van der Waals surface area contributed by atoms with Gasteiger partial charge in [0.2, 0.25) is 0 Å². The summed E-state index contributed by atoms with van der Waals surface area (Å²) >= 11 is 3.48. The first-order chi connectivity index (χ1) is 9.63. The van der Waals surface area contributed by atoms with Crippen molar-refractivity contribution in [3.63, 3.8) is 0 Å². The molecule has 0 N–H and O–H groups in total. The van der Waals surface area contributed by atoms with Crippen molar-refractivity contribution in [2.75, 3.05) is 11.5 Å². The maximum absolute atomic E-state index is 12.1. The van der Waals surface area contributed by atoms with Gasteiger partial charge >= 0.3 is 0 Å². The Balaban J connectivity index is 1.75. The number of fused-ring (bicyclic) bond motifs is 1. The monoisotopic (exact) mass is 304 g/mol. The molecule has 1 atom stereocenters. The van der Waals surface area contributed by atoms with E-state index < -0.39 is 0 Å². The van der Waals surface area contributed by atoms with Gasteiger partial charge in [-0.2, -0.15) is 0 Å². The molecule has 0 saturated carbocycles. The van der Waals surface area contributed by atoms with Crippen molar-refractivity contribution in [1.82, 2.24) is 9.55 Å². The third-order valence-electron chi connectivity index (χ3n) is 3.28. The molecule has 1 aromatic heterocycles. The van der Waals surface area contributed by atoms with Crippen molar-refractivity contribution in [3.05, 3.63) is 51.9 Å². The number of aryl methyl sites for hydroxylation is 2. The van der Waals surface area contributed by atoms with Gasteiger partial charge in [0.05, 0.1) is 6.04 Å². The molecule has 2 heterocycles. The first-order valence-electron chi connectivity index (χ1n) is 6.56. The number of benzene rings is 1. The van der Waals surface area contributed by atoms with Crippen LogP contribution in [0.15, 0.2) is 45.2 Å². The molecule has 5 heteroatoms. The molecule has 3 rings (SSSR count). The molecule has 2 aromatic rings. The van der Waals surface area contributed by atoms with E-state index in [1.165, 1.54) is 10.5 Å². The molecule has 1 aliphatic heterocycles. The van der Waals surface area contributed by atoms with Crippen LogP contribution in [0.25, 0.3) is 0 Å². The molecule has 0 aliphatic carbocycles. The van der Waals surface area contributed by atoms with Crippen LogP contribution in [-0.4, -0.2) is 21.1 Å². The first kappa shape index (κ1) is 13.8. The Morgan fingerprint density at radius 2 is 2.10 bits per heavy atom. The summed E-state index contributed by atoms with van der Waals surface area (Å²) in [5, 5.41) is 0.865. The van der Waals surface area contributed by atoms with Gasteiger partial charge in [0.15, 0.2) is 5.16 Å². The highest BCUT2D eigenvalue weighted by molar-refractivity contribution is 8.00. The zero-order chi connectivity index (χ0) is 14.1. The van der Waals surface area contributed by atoms with Gasteiger partial charge in [0.1, 0.15) is 0 Å². The van der Waals surface area contributed by atoms with E-state index in [0.717, 1.165) is 22.4 Å². The third kappa shape index (κ3) is 2.79. The molecule has 0 saturated heterocycles.